The zero-order valence-electron chi connectivity index (χ0n) is 17.8. The van der Waals surface area contributed by atoms with E-state index in [2.05, 4.69) is 16.0 Å². The van der Waals surface area contributed by atoms with Gasteiger partial charge in [-0.25, -0.2) is 0 Å². The second-order valence-corrected chi connectivity index (χ2v) is 8.62. The van der Waals surface area contributed by atoms with Gasteiger partial charge in [0.1, 0.15) is 6.04 Å². The summed E-state index contributed by atoms with van der Waals surface area (Å²) in [5.41, 5.74) is 0.541. The van der Waals surface area contributed by atoms with Gasteiger partial charge in [0.15, 0.2) is 0 Å². The van der Waals surface area contributed by atoms with Gasteiger partial charge < -0.3 is 16.0 Å². The quantitative estimate of drug-likeness (QED) is 0.671. The van der Waals surface area contributed by atoms with Gasteiger partial charge in [0.2, 0.25) is 17.7 Å². The van der Waals surface area contributed by atoms with Gasteiger partial charge in [0.05, 0.1) is 13.0 Å². The summed E-state index contributed by atoms with van der Waals surface area (Å²) in [5.74, 6) is -0.975. The van der Waals surface area contributed by atoms with Gasteiger partial charge in [0, 0.05) is 5.54 Å². The number of fused-ring (bicyclic) bond motifs is 1. The smallest absolute Gasteiger partial charge is 0.243 e. The highest BCUT2D eigenvalue weighted by Crippen LogP contribution is 2.19. The highest BCUT2D eigenvalue weighted by atomic mass is 16.2. The van der Waals surface area contributed by atoms with Crippen molar-refractivity contribution in [2.24, 2.45) is 5.92 Å². The van der Waals surface area contributed by atoms with Crippen molar-refractivity contribution < 1.29 is 14.4 Å². The molecule has 0 bridgehead atoms. The first-order valence-corrected chi connectivity index (χ1v) is 9.91. The second kappa shape index (κ2) is 9.54. The van der Waals surface area contributed by atoms with Gasteiger partial charge in [-0.3, -0.25) is 14.4 Å². The average molecular weight is 398 g/mol. The highest BCUT2D eigenvalue weighted by Gasteiger charge is 2.25. The van der Waals surface area contributed by atoms with Gasteiger partial charge in [0.25, 0.3) is 0 Å². The molecule has 0 heterocycles. The third-order valence-electron chi connectivity index (χ3n) is 4.43. The monoisotopic (exact) mass is 397 g/mol. The van der Waals surface area contributed by atoms with E-state index in [0.717, 1.165) is 16.3 Å². The Balaban J connectivity index is 1.99. The average Bonchev–Trinajstić information content (AvgIpc) is 2.63. The molecule has 0 aliphatic carbocycles. The van der Waals surface area contributed by atoms with Crippen LogP contribution in [0.15, 0.2) is 42.5 Å². The second-order valence-electron chi connectivity index (χ2n) is 8.62. The molecule has 3 N–H and O–H groups in total. The molecule has 2 rings (SSSR count). The molecular weight excluding hydrogens is 366 g/mol. The van der Waals surface area contributed by atoms with Gasteiger partial charge in [-0.05, 0) is 43.0 Å². The molecule has 3 amide bonds. The number of carbonyl (C=O) groups is 3. The van der Waals surface area contributed by atoms with Crippen molar-refractivity contribution in [3.8, 4) is 0 Å². The predicted octanol–water partition coefficient (Wildman–Crippen LogP) is 2.55. The summed E-state index contributed by atoms with van der Waals surface area (Å²) in [7, 11) is 0. The molecule has 0 aromatic heterocycles. The molecule has 0 aliphatic heterocycles. The summed E-state index contributed by atoms with van der Waals surface area (Å²) in [6, 6.07) is 13.0. The molecule has 0 radical (unpaired) electrons. The summed E-state index contributed by atoms with van der Waals surface area (Å²) in [6.07, 6.45) is 0.183. The topological polar surface area (TPSA) is 87.3 Å². The van der Waals surface area contributed by atoms with Crippen molar-refractivity contribution in [3.63, 3.8) is 0 Å². The van der Waals surface area contributed by atoms with Crippen LogP contribution in [0.3, 0.4) is 0 Å². The van der Waals surface area contributed by atoms with Crippen molar-refractivity contribution in [2.75, 3.05) is 6.54 Å². The predicted molar refractivity (Wildman–Crippen MR) is 115 cm³/mol. The van der Waals surface area contributed by atoms with Gasteiger partial charge >= 0.3 is 0 Å². The van der Waals surface area contributed by atoms with Crippen LogP contribution < -0.4 is 16.0 Å². The third kappa shape index (κ3) is 6.89. The molecule has 6 nitrogen and oxygen atoms in total. The third-order valence-corrected chi connectivity index (χ3v) is 4.43. The van der Waals surface area contributed by atoms with Crippen LogP contribution in [-0.4, -0.2) is 35.8 Å². The van der Waals surface area contributed by atoms with Crippen LogP contribution in [0.5, 0.6) is 0 Å². The van der Waals surface area contributed by atoms with Crippen molar-refractivity contribution in [1.29, 1.82) is 0 Å². The Hall–Kier alpha value is -2.89. The summed E-state index contributed by atoms with van der Waals surface area (Å²) >= 11 is 0. The molecule has 0 fully saturated rings. The Morgan fingerprint density at radius 1 is 0.931 bits per heavy atom. The Morgan fingerprint density at radius 2 is 1.59 bits per heavy atom. The van der Waals surface area contributed by atoms with E-state index in [-0.39, 0.29) is 42.1 Å². The minimum atomic E-state index is -0.708. The largest absolute Gasteiger partial charge is 0.350 e. The first kappa shape index (κ1) is 22.4. The van der Waals surface area contributed by atoms with Crippen molar-refractivity contribution in [1.82, 2.24) is 16.0 Å². The summed E-state index contributed by atoms with van der Waals surface area (Å²) in [6.45, 7) is 9.21. The van der Waals surface area contributed by atoms with Gasteiger partial charge in [-0.2, -0.15) is 0 Å². The van der Waals surface area contributed by atoms with E-state index >= 15 is 0 Å². The summed E-state index contributed by atoms with van der Waals surface area (Å²) in [4.78, 5) is 37.1. The number of hydrogen-bond acceptors (Lipinski definition) is 3. The van der Waals surface area contributed by atoms with E-state index in [1.54, 1.807) is 0 Å². The minimum absolute atomic E-state index is 0.114. The number of amides is 3. The van der Waals surface area contributed by atoms with Crippen molar-refractivity contribution in [2.45, 2.75) is 52.6 Å². The molecule has 29 heavy (non-hydrogen) atoms. The Morgan fingerprint density at radius 3 is 2.24 bits per heavy atom. The van der Waals surface area contributed by atoms with Crippen LogP contribution >= 0.6 is 0 Å². The molecule has 0 unspecified atom stereocenters. The summed E-state index contributed by atoms with van der Waals surface area (Å²) < 4.78 is 0. The molecule has 6 heteroatoms. The van der Waals surface area contributed by atoms with Crippen LogP contribution in [0, 0.1) is 5.92 Å². The van der Waals surface area contributed by atoms with Crippen LogP contribution in [0.25, 0.3) is 10.8 Å². The van der Waals surface area contributed by atoms with E-state index in [4.69, 9.17) is 0 Å². The van der Waals surface area contributed by atoms with Crippen molar-refractivity contribution >= 4 is 28.5 Å². The van der Waals surface area contributed by atoms with E-state index < -0.39 is 6.04 Å². The SMILES string of the molecule is CC(C)[C@H](NC(=O)Cc1cccc2ccccc12)C(=O)NCC(=O)NC(C)(C)C. The molecule has 2 aromatic rings. The number of hydrogen-bond donors (Lipinski definition) is 3. The standard InChI is InChI=1S/C23H31N3O3/c1-15(2)21(22(29)24-14-20(28)26-23(3,4)5)25-19(27)13-17-11-8-10-16-9-6-7-12-18(16)17/h6-12,15,21H,13-14H2,1-5H3,(H,24,29)(H,25,27)(H,26,28)/t21-/m0/s1. The van der Waals surface area contributed by atoms with Crippen molar-refractivity contribution in [3.05, 3.63) is 48.0 Å². The van der Waals surface area contributed by atoms with E-state index in [9.17, 15) is 14.4 Å². The van der Waals surface area contributed by atoms with E-state index in [1.165, 1.54) is 0 Å². The number of carbonyl (C=O) groups excluding carboxylic acids is 3. The number of nitrogens with one attached hydrogen (secondary N) is 3. The molecule has 0 aliphatic rings. The van der Waals surface area contributed by atoms with Gasteiger partial charge in [-0.15, -0.1) is 0 Å². The highest BCUT2D eigenvalue weighted by molar-refractivity contribution is 5.93. The lowest BCUT2D eigenvalue weighted by Crippen LogP contribution is -2.53. The maximum Gasteiger partial charge on any atom is 0.243 e. The zero-order valence-corrected chi connectivity index (χ0v) is 17.8. The maximum atomic E-state index is 12.6. The van der Waals surface area contributed by atoms with E-state index in [1.807, 2.05) is 77.1 Å². The van der Waals surface area contributed by atoms with Crippen LogP contribution in [0.4, 0.5) is 0 Å². The molecule has 2 aromatic carbocycles. The number of rotatable bonds is 7. The summed E-state index contributed by atoms with van der Waals surface area (Å²) in [5, 5.41) is 10.3. The van der Waals surface area contributed by atoms with Gasteiger partial charge in [-0.1, -0.05) is 56.3 Å². The van der Waals surface area contributed by atoms with Crippen LogP contribution in [0.2, 0.25) is 0 Å². The fraction of sp³-hybridized carbons (Fsp3) is 0.435. The fourth-order valence-electron chi connectivity index (χ4n) is 3.12. The Bertz CT molecular complexity index is 879. The lowest BCUT2D eigenvalue weighted by Gasteiger charge is -2.23. The molecule has 0 spiro atoms. The molecule has 0 saturated carbocycles. The van der Waals surface area contributed by atoms with E-state index in [0.29, 0.717) is 0 Å². The first-order chi connectivity index (χ1) is 13.6. The minimum Gasteiger partial charge on any atom is -0.350 e. The zero-order chi connectivity index (χ0) is 21.6. The lowest BCUT2D eigenvalue weighted by molar-refractivity contribution is -0.131. The lowest BCUT2D eigenvalue weighted by atomic mass is 10.0. The molecule has 156 valence electrons. The fourth-order valence-corrected chi connectivity index (χ4v) is 3.12. The normalized spacial score (nSPS) is 12.5. The van der Waals surface area contributed by atoms with Crippen LogP contribution in [-0.2, 0) is 20.8 Å². The molecule has 0 saturated heterocycles. The Kier molecular flexibility index (Phi) is 7.37. The Labute approximate surface area is 172 Å². The molecule has 1 atom stereocenters. The maximum absolute atomic E-state index is 12.6. The number of benzene rings is 2. The molecular formula is C23H31N3O3. The van der Waals surface area contributed by atoms with Crippen LogP contribution in [0.1, 0.15) is 40.2 Å². The first-order valence-electron chi connectivity index (χ1n) is 9.91.